The summed E-state index contributed by atoms with van der Waals surface area (Å²) in [6.07, 6.45) is 0. The van der Waals surface area contributed by atoms with Crippen LogP contribution in [0.5, 0.6) is 0 Å². The van der Waals surface area contributed by atoms with Crippen LogP contribution in [0.2, 0.25) is 0 Å². The molecule has 0 N–H and O–H groups in total. The Balaban J connectivity index is 1.28. The Hall–Kier alpha value is -5.49. The van der Waals surface area contributed by atoms with Crippen molar-refractivity contribution in [2.75, 3.05) is 33.3 Å². The van der Waals surface area contributed by atoms with Crippen LogP contribution < -0.4 is 19.2 Å². The molecule has 0 saturated carbocycles. The van der Waals surface area contributed by atoms with Crippen molar-refractivity contribution in [1.82, 2.24) is 9.97 Å². The van der Waals surface area contributed by atoms with Crippen LogP contribution in [0.25, 0.3) is 11.1 Å². The molecule has 45 heavy (non-hydrogen) atoms. The van der Waals surface area contributed by atoms with Gasteiger partial charge in [-0.3, -0.25) is 0 Å². The van der Waals surface area contributed by atoms with E-state index in [1.807, 2.05) is 0 Å². The Bertz CT molecular complexity index is 1960. The topological polar surface area (TPSA) is 38.7 Å². The highest BCUT2D eigenvalue weighted by Gasteiger charge is 2.49. The first-order valence-corrected chi connectivity index (χ1v) is 15.2. The number of fused-ring (bicyclic) bond motifs is 5. The normalized spacial score (nSPS) is 15.2. The minimum atomic E-state index is -0.727. The van der Waals surface area contributed by atoms with Gasteiger partial charge in [0.15, 0.2) is 0 Å². The van der Waals surface area contributed by atoms with Crippen molar-refractivity contribution in [3.05, 3.63) is 156 Å². The van der Waals surface area contributed by atoms with Gasteiger partial charge in [0, 0.05) is 11.4 Å². The zero-order chi connectivity index (χ0) is 30.1. The zero-order valence-electron chi connectivity index (χ0n) is 25.0. The first-order chi connectivity index (χ1) is 22.1. The number of hydrogen-bond donors (Lipinski definition) is 0. The number of anilines is 6. The molecule has 0 amide bonds. The third-order valence-corrected chi connectivity index (χ3v) is 9.30. The highest BCUT2D eigenvalue weighted by molar-refractivity contribution is 6.53. The second-order valence-corrected chi connectivity index (χ2v) is 11.8. The molecule has 212 valence electrons. The van der Waals surface area contributed by atoms with Gasteiger partial charge in [0.25, 0.3) is 0 Å². The fourth-order valence-corrected chi connectivity index (χ4v) is 7.34. The maximum atomic E-state index is 5.49. The molecule has 0 atom stereocenters. The molecule has 1 aliphatic carbocycles. The summed E-state index contributed by atoms with van der Waals surface area (Å²) < 4.78 is 0. The van der Waals surface area contributed by atoms with Crippen molar-refractivity contribution in [2.45, 2.75) is 5.41 Å². The Morgan fingerprint density at radius 3 is 1.31 bits per heavy atom. The number of pyridine rings is 2. The van der Waals surface area contributed by atoms with Gasteiger partial charge < -0.3 is 19.2 Å². The zero-order valence-corrected chi connectivity index (χ0v) is 25.0. The molecule has 6 nitrogen and oxygen atoms in total. The molecule has 4 heterocycles. The van der Waals surface area contributed by atoms with Crippen LogP contribution in [0, 0.1) is 0 Å². The van der Waals surface area contributed by atoms with Crippen molar-refractivity contribution >= 4 is 49.5 Å². The lowest BCUT2D eigenvalue weighted by molar-refractivity contribution is 0.707. The lowest BCUT2D eigenvalue weighted by Crippen LogP contribution is -2.34. The van der Waals surface area contributed by atoms with Gasteiger partial charge >= 0.3 is 15.1 Å². The van der Waals surface area contributed by atoms with Gasteiger partial charge in [-0.1, -0.05) is 84.9 Å². The van der Waals surface area contributed by atoms with E-state index in [0.717, 1.165) is 45.8 Å². The molecule has 0 spiro atoms. The number of aromatic nitrogens is 2. The van der Waals surface area contributed by atoms with Gasteiger partial charge in [0.2, 0.25) is 0 Å². The second kappa shape index (κ2) is 9.76. The number of nitrogens with zero attached hydrogens (tertiary/aromatic N) is 6. The van der Waals surface area contributed by atoms with Gasteiger partial charge in [0.1, 0.15) is 17.1 Å². The third kappa shape index (κ3) is 3.65. The van der Waals surface area contributed by atoms with Crippen LogP contribution in [0.1, 0.15) is 22.5 Å². The fraction of sp³-hybridized carbons (Fsp3) is 0.0811. The molecule has 0 saturated heterocycles. The molecule has 2 radical (unpaired) electrons. The summed E-state index contributed by atoms with van der Waals surface area (Å²) in [7, 11) is 8.37. The predicted molar refractivity (Wildman–Crippen MR) is 185 cm³/mol. The lowest BCUT2D eigenvalue weighted by Gasteiger charge is -2.33. The van der Waals surface area contributed by atoms with Crippen molar-refractivity contribution in [1.29, 1.82) is 0 Å². The molecule has 8 heteroatoms. The van der Waals surface area contributed by atoms with Gasteiger partial charge in [0.05, 0.1) is 22.8 Å². The Kier molecular flexibility index (Phi) is 5.63. The Labute approximate surface area is 264 Å². The van der Waals surface area contributed by atoms with Crippen molar-refractivity contribution in [3.63, 3.8) is 0 Å². The van der Waals surface area contributed by atoms with E-state index >= 15 is 0 Å². The quantitative estimate of drug-likeness (QED) is 0.208. The number of benzene rings is 4. The van der Waals surface area contributed by atoms with E-state index in [2.05, 4.69) is 182 Å². The van der Waals surface area contributed by atoms with Gasteiger partial charge in [-0.25, -0.2) is 9.97 Å². The highest BCUT2D eigenvalue weighted by atomic mass is 15.3. The molecule has 9 rings (SSSR count). The average molecular weight is 578 g/mol. The molecule has 6 aromatic rings. The largest absolute Gasteiger partial charge is 0.400 e. The van der Waals surface area contributed by atoms with E-state index in [9.17, 15) is 0 Å². The van der Waals surface area contributed by atoms with E-state index in [0.29, 0.717) is 0 Å². The summed E-state index contributed by atoms with van der Waals surface area (Å²) in [5.74, 6) is 1.73. The molecule has 4 aromatic carbocycles. The summed E-state index contributed by atoms with van der Waals surface area (Å²) >= 11 is 0. The average Bonchev–Trinajstić information content (AvgIpc) is 3.73. The smallest absolute Gasteiger partial charge is 0.397 e. The van der Waals surface area contributed by atoms with Crippen LogP contribution >= 0.6 is 0 Å². The van der Waals surface area contributed by atoms with Gasteiger partial charge in [-0.15, -0.1) is 0 Å². The summed E-state index contributed by atoms with van der Waals surface area (Å²) in [6, 6.07) is 47.1. The molecule has 2 aliphatic heterocycles. The molecular formula is C37H28B2N6. The monoisotopic (exact) mass is 578 g/mol. The van der Waals surface area contributed by atoms with Crippen molar-refractivity contribution in [3.8, 4) is 11.1 Å². The van der Waals surface area contributed by atoms with Crippen LogP contribution in [-0.4, -0.2) is 39.2 Å². The van der Waals surface area contributed by atoms with E-state index in [1.54, 1.807) is 0 Å². The summed E-state index contributed by atoms with van der Waals surface area (Å²) in [4.78, 5) is 19.6. The van der Waals surface area contributed by atoms with Gasteiger partial charge in [-0.05, 0) is 84.9 Å². The van der Waals surface area contributed by atoms with E-state index < -0.39 is 5.41 Å². The fourth-order valence-electron chi connectivity index (χ4n) is 7.34. The molecular weight excluding hydrogens is 550 g/mol. The Morgan fingerprint density at radius 1 is 0.444 bits per heavy atom. The first-order valence-electron chi connectivity index (χ1n) is 15.2. The second-order valence-electron chi connectivity index (χ2n) is 11.8. The maximum absolute atomic E-state index is 5.49. The molecule has 3 aliphatic rings. The summed E-state index contributed by atoms with van der Waals surface area (Å²) in [6.45, 7) is 0. The van der Waals surface area contributed by atoms with Crippen LogP contribution in [0.4, 0.5) is 34.4 Å². The van der Waals surface area contributed by atoms with Gasteiger partial charge in [-0.2, -0.15) is 0 Å². The highest BCUT2D eigenvalue weighted by Crippen LogP contribution is 2.55. The first kappa shape index (κ1) is 26.0. The van der Waals surface area contributed by atoms with Crippen LogP contribution in [0.15, 0.2) is 133 Å². The third-order valence-electron chi connectivity index (χ3n) is 9.30. The Morgan fingerprint density at radius 2 is 0.844 bits per heavy atom. The molecule has 0 bridgehead atoms. The lowest BCUT2D eigenvalue weighted by atomic mass is 9.72. The summed E-state index contributed by atoms with van der Waals surface area (Å²) in [5.41, 5.74) is 10.5. The van der Waals surface area contributed by atoms with Crippen LogP contribution in [-0.2, 0) is 5.41 Å². The summed E-state index contributed by atoms with van der Waals surface area (Å²) in [5, 5.41) is 0. The number of hydrogen-bond acceptors (Lipinski definition) is 6. The minimum Gasteiger partial charge on any atom is -0.400 e. The standard InChI is InChI=1S/C37H28B2N6/c1-42-29-17-7-9-19-31(29)44(38-42)35-23-11-21-33(40-35)37(27-15-5-3-13-25(27)26-14-4-6-16-28(26)37)34-22-12-24-36(41-34)45-32-20-10-8-18-30(32)43(2)39-45/h3-24H,1-2H3. The minimum absolute atomic E-state index is 0.727. The SMILES string of the molecule is CN1[B]N(c2cccc(C3(c4cccc(N5[B]N(C)c6ccccc65)n4)c4ccccc4-c4ccccc43)n2)c2ccccc21. The molecule has 2 aromatic heterocycles. The van der Waals surface area contributed by atoms with Crippen molar-refractivity contribution < 1.29 is 0 Å². The predicted octanol–water partition coefficient (Wildman–Crippen LogP) is 7.08. The molecule has 0 unspecified atom stereocenters. The van der Waals surface area contributed by atoms with E-state index in [4.69, 9.17) is 9.97 Å². The van der Waals surface area contributed by atoms with Crippen LogP contribution in [0.3, 0.4) is 0 Å². The van der Waals surface area contributed by atoms with E-state index in [-0.39, 0.29) is 0 Å². The maximum Gasteiger partial charge on any atom is 0.397 e. The van der Waals surface area contributed by atoms with Crippen molar-refractivity contribution in [2.24, 2.45) is 0 Å². The number of rotatable bonds is 4. The number of para-hydroxylation sites is 4. The van der Waals surface area contributed by atoms with E-state index in [1.165, 1.54) is 22.3 Å². The molecule has 0 fully saturated rings.